The number of rotatable bonds is 4. The summed E-state index contributed by atoms with van der Waals surface area (Å²) >= 11 is 0. The standard InChI is InChI=1S/C23H24FN3O/c1-16-9-10-18(14-17(16)2)25-22(28)15-27-13-12-26-11-5-8-21(26)23(27)19-6-3-4-7-20(19)24/h3-11,14,23H,12-13,15H2,1-2H3,(H,25,28)/t23-/m0/s1. The van der Waals surface area contributed by atoms with Crippen molar-refractivity contribution in [2.45, 2.75) is 26.4 Å². The van der Waals surface area contributed by atoms with E-state index in [0.29, 0.717) is 12.1 Å². The SMILES string of the molecule is Cc1ccc(NC(=O)CN2CCn3cccc3[C@@H]2c2ccccc2F)cc1C. The number of benzene rings is 2. The summed E-state index contributed by atoms with van der Waals surface area (Å²) in [6.07, 6.45) is 2.01. The van der Waals surface area contributed by atoms with E-state index in [4.69, 9.17) is 0 Å². The van der Waals surface area contributed by atoms with E-state index in [-0.39, 0.29) is 24.3 Å². The largest absolute Gasteiger partial charge is 0.348 e. The quantitative estimate of drug-likeness (QED) is 0.737. The van der Waals surface area contributed by atoms with E-state index >= 15 is 0 Å². The van der Waals surface area contributed by atoms with E-state index in [0.717, 1.165) is 23.5 Å². The Morgan fingerprint density at radius 2 is 1.89 bits per heavy atom. The zero-order chi connectivity index (χ0) is 19.7. The number of aryl methyl sites for hydroxylation is 2. The second-order valence-electron chi connectivity index (χ2n) is 7.37. The molecule has 1 aliphatic heterocycles. The number of anilines is 1. The maximum atomic E-state index is 14.6. The molecular formula is C23H24FN3O. The first-order valence-corrected chi connectivity index (χ1v) is 9.53. The lowest BCUT2D eigenvalue weighted by Crippen LogP contribution is -2.43. The molecule has 0 unspecified atom stereocenters. The molecule has 28 heavy (non-hydrogen) atoms. The summed E-state index contributed by atoms with van der Waals surface area (Å²) in [5, 5.41) is 2.98. The third-order valence-electron chi connectivity index (χ3n) is 5.48. The Labute approximate surface area is 164 Å². The van der Waals surface area contributed by atoms with Crippen LogP contribution in [0.5, 0.6) is 0 Å². The Hall–Kier alpha value is -2.92. The zero-order valence-corrected chi connectivity index (χ0v) is 16.2. The number of hydrogen-bond acceptors (Lipinski definition) is 2. The van der Waals surface area contributed by atoms with E-state index < -0.39 is 0 Å². The number of hydrogen-bond donors (Lipinski definition) is 1. The fourth-order valence-corrected chi connectivity index (χ4v) is 3.86. The molecule has 1 N–H and O–H groups in total. The Bertz CT molecular complexity index is 1010. The van der Waals surface area contributed by atoms with Crippen molar-refractivity contribution in [2.75, 3.05) is 18.4 Å². The van der Waals surface area contributed by atoms with Crippen molar-refractivity contribution >= 4 is 11.6 Å². The lowest BCUT2D eigenvalue weighted by Gasteiger charge is -2.37. The molecule has 0 fully saturated rings. The average Bonchev–Trinajstić information content (AvgIpc) is 3.14. The number of carbonyl (C=O) groups excluding carboxylic acids is 1. The lowest BCUT2D eigenvalue weighted by molar-refractivity contribution is -0.118. The highest BCUT2D eigenvalue weighted by Crippen LogP contribution is 2.33. The van der Waals surface area contributed by atoms with E-state index in [1.807, 2.05) is 61.3 Å². The maximum absolute atomic E-state index is 14.6. The minimum Gasteiger partial charge on any atom is -0.348 e. The van der Waals surface area contributed by atoms with Gasteiger partial charge in [0.25, 0.3) is 0 Å². The summed E-state index contributed by atoms with van der Waals surface area (Å²) in [7, 11) is 0. The van der Waals surface area contributed by atoms with Crippen LogP contribution in [-0.2, 0) is 11.3 Å². The molecule has 1 amide bonds. The number of carbonyl (C=O) groups is 1. The number of fused-ring (bicyclic) bond motifs is 1. The second kappa shape index (κ2) is 7.60. The molecule has 0 saturated carbocycles. The van der Waals surface area contributed by atoms with Crippen molar-refractivity contribution in [1.29, 1.82) is 0 Å². The number of aromatic nitrogens is 1. The molecule has 0 saturated heterocycles. The molecule has 2 aromatic carbocycles. The number of nitrogens with zero attached hydrogens (tertiary/aromatic N) is 2. The first-order chi connectivity index (χ1) is 13.5. The fourth-order valence-electron chi connectivity index (χ4n) is 3.86. The van der Waals surface area contributed by atoms with E-state index in [1.165, 1.54) is 11.6 Å². The van der Waals surface area contributed by atoms with Gasteiger partial charge in [-0.3, -0.25) is 9.69 Å². The van der Waals surface area contributed by atoms with Crippen LogP contribution in [-0.4, -0.2) is 28.5 Å². The molecule has 5 heteroatoms. The van der Waals surface area contributed by atoms with Gasteiger partial charge < -0.3 is 9.88 Å². The van der Waals surface area contributed by atoms with E-state index in [2.05, 4.69) is 9.88 Å². The molecule has 1 atom stereocenters. The van der Waals surface area contributed by atoms with Gasteiger partial charge in [-0.2, -0.15) is 0 Å². The molecule has 1 aliphatic rings. The highest BCUT2D eigenvalue weighted by Gasteiger charge is 2.31. The van der Waals surface area contributed by atoms with Gasteiger partial charge in [0.1, 0.15) is 5.82 Å². The molecule has 0 aliphatic carbocycles. The predicted molar refractivity (Wildman–Crippen MR) is 109 cm³/mol. The third-order valence-corrected chi connectivity index (χ3v) is 5.48. The summed E-state index contributed by atoms with van der Waals surface area (Å²) in [5.74, 6) is -0.341. The summed E-state index contributed by atoms with van der Waals surface area (Å²) in [6, 6.07) is 16.4. The first-order valence-electron chi connectivity index (χ1n) is 9.53. The van der Waals surface area contributed by atoms with Crippen LogP contribution in [0.4, 0.5) is 10.1 Å². The number of nitrogens with one attached hydrogen (secondary N) is 1. The van der Waals surface area contributed by atoms with Crippen molar-refractivity contribution in [3.8, 4) is 0 Å². The molecule has 2 heterocycles. The van der Waals surface area contributed by atoms with Crippen LogP contribution in [0.25, 0.3) is 0 Å². The molecule has 0 bridgehead atoms. The minimum atomic E-state index is -0.282. The second-order valence-corrected chi connectivity index (χ2v) is 7.37. The number of amides is 1. The van der Waals surface area contributed by atoms with Crippen molar-refractivity contribution < 1.29 is 9.18 Å². The van der Waals surface area contributed by atoms with Gasteiger partial charge in [0, 0.05) is 36.2 Å². The Balaban J connectivity index is 1.58. The molecule has 1 aromatic heterocycles. The molecule has 0 spiro atoms. The van der Waals surface area contributed by atoms with Gasteiger partial charge in [0.2, 0.25) is 5.91 Å². The maximum Gasteiger partial charge on any atom is 0.238 e. The molecule has 3 aromatic rings. The molecule has 144 valence electrons. The van der Waals surface area contributed by atoms with Gasteiger partial charge in [-0.1, -0.05) is 24.3 Å². The fraction of sp³-hybridized carbons (Fsp3) is 0.261. The molecule has 4 nitrogen and oxygen atoms in total. The highest BCUT2D eigenvalue weighted by molar-refractivity contribution is 5.92. The Kier molecular flexibility index (Phi) is 5.01. The Morgan fingerprint density at radius 3 is 2.68 bits per heavy atom. The van der Waals surface area contributed by atoms with Gasteiger partial charge in [-0.05, 0) is 55.3 Å². The summed E-state index contributed by atoms with van der Waals surface area (Å²) in [4.78, 5) is 14.8. The van der Waals surface area contributed by atoms with Gasteiger partial charge in [-0.25, -0.2) is 4.39 Å². The zero-order valence-electron chi connectivity index (χ0n) is 16.2. The van der Waals surface area contributed by atoms with Crippen molar-refractivity contribution in [1.82, 2.24) is 9.47 Å². The van der Waals surface area contributed by atoms with E-state index in [9.17, 15) is 9.18 Å². The van der Waals surface area contributed by atoms with Crippen LogP contribution in [0.3, 0.4) is 0 Å². The normalized spacial score (nSPS) is 16.6. The van der Waals surface area contributed by atoms with Gasteiger partial charge in [0.15, 0.2) is 0 Å². The number of halogens is 1. The molecule has 4 rings (SSSR count). The third kappa shape index (κ3) is 3.58. The minimum absolute atomic E-state index is 0.0930. The highest BCUT2D eigenvalue weighted by atomic mass is 19.1. The van der Waals surface area contributed by atoms with Crippen LogP contribution in [0.2, 0.25) is 0 Å². The van der Waals surface area contributed by atoms with Gasteiger partial charge >= 0.3 is 0 Å². The van der Waals surface area contributed by atoms with Crippen LogP contribution >= 0.6 is 0 Å². The Morgan fingerprint density at radius 1 is 1.07 bits per heavy atom. The van der Waals surface area contributed by atoms with Crippen LogP contribution in [0.1, 0.15) is 28.4 Å². The monoisotopic (exact) mass is 377 g/mol. The van der Waals surface area contributed by atoms with Gasteiger partial charge in [0.05, 0.1) is 12.6 Å². The van der Waals surface area contributed by atoms with Crippen molar-refractivity contribution in [2.24, 2.45) is 0 Å². The topological polar surface area (TPSA) is 37.3 Å². The van der Waals surface area contributed by atoms with Crippen LogP contribution in [0.15, 0.2) is 60.8 Å². The lowest BCUT2D eigenvalue weighted by atomic mass is 9.99. The molecular weight excluding hydrogens is 353 g/mol. The van der Waals surface area contributed by atoms with Crippen LogP contribution < -0.4 is 5.32 Å². The molecule has 0 radical (unpaired) electrons. The average molecular weight is 377 g/mol. The van der Waals surface area contributed by atoms with Crippen LogP contribution in [0, 0.1) is 19.7 Å². The van der Waals surface area contributed by atoms with E-state index in [1.54, 1.807) is 12.1 Å². The summed E-state index contributed by atoms with van der Waals surface area (Å²) in [5.41, 5.74) is 4.72. The van der Waals surface area contributed by atoms with Crippen molar-refractivity contribution in [3.63, 3.8) is 0 Å². The summed E-state index contributed by atoms with van der Waals surface area (Å²) < 4.78 is 16.7. The summed E-state index contributed by atoms with van der Waals surface area (Å²) in [6.45, 7) is 5.74. The smallest absolute Gasteiger partial charge is 0.238 e. The van der Waals surface area contributed by atoms with Gasteiger partial charge in [-0.15, -0.1) is 0 Å². The first kappa shape index (κ1) is 18.4. The van der Waals surface area contributed by atoms with Crippen molar-refractivity contribution in [3.05, 3.63) is 89.0 Å². The predicted octanol–water partition coefficient (Wildman–Crippen LogP) is 4.29.